The van der Waals surface area contributed by atoms with Crippen molar-refractivity contribution < 1.29 is 14.7 Å². The van der Waals surface area contributed by atoms with E-state index >= 15 is 0 Å². The Balaban J connectivity index is 1.72. The fraction of sp³-hybridized carbons (Fsp3) is 0.846. The molecule has 0 aliphatic heterocycles. The van der Waals surface area contributed by atoms with Crippen molar-refractivity contribution in [2.24, 2.45) is 17.8 Å². The third-order valence-electron chi connectivity index (χ3n) is 4.24. The van der Waals surface area contributed by atoms with Gasteiger partial charge in [0.1, 0.15) is 0 Å². The predicted octanol–water partition coefficient (Wildman–Crippen LogP) is 1.54. The molecular weight excluding hydrogens is 232 g/mol. The molecule has 5 heteroatoms. The Morgan fingerprint density at radius 1 is 1.33 bits per heavy atom. The average Bonchev–Trinajstić information content (AvgIpc) is 2.79. The molecule has 0 saturated heterocycles. The number of amides is 2. The molecule has 0 aromatic rings. The van der Waals surface area contributed by atoms with Crippen LogP contribution in [0.3, 0.4) is 0 Å². The van der Waals surface area contributed by atoms with Crippen LogP contribution in [0.4, 0.5) is 4.79 Å². The number of carboxylic acid groups (broad SMARTS) is 1. The van der Waals surface area contributed by atoms with Crippen LogP contribution in [-0.2, 0) is 4.79 Å². The van der Waals surface area contributed by atoms with E-state index in [0.29, 0.717) is 18.8 Å². The van der Waals surface area contributed by atoms with E-state index in [0.717, 1.165) is 18.9 Å². The molecule has 2 N–H and O–H groups in total. The maximum atomic E-state index is 11.9. The Hall–Kier alpha value is -1.26. The van der Waals surface area contributed by atoms with Gasteiger partial charge in [-0.15, -0.1) is 0 Å². The third-order valence-corrected chi connectivity index (χ3v) is 4.24. The van der Waals surface area contributed by atoms with E-state index in [1.54, 1.807) is 4.90 Å². The molecule has 0 radical (unpaired) electrons. The number of nitrogens with one attached hydrogen (secondary N) is 1. The number of carbonyl (C=O) groups is 2. The summed E-state index contributed by atoms with van der Waals surface area (Å²) in [4.78, 5) is 24.5. The van der Waals surface area contributed by atoms with Crippen molar-refractivity contribution in [3.8, 4) is 0 Å². The van der Waals surface area contributed by atoms with Crippen molar-refractivity contribution in [3.05, 3.63) is 0 Å². The Labute approximate surface area is 108 Å². The van der Waals surface area contributed by atoms with Crippen LogP contribution >= 0.6 is 0 Å². The fourth-order valence-electron chi connectivity index (χ4n) is 2.71. The van der Waals surface area contributed by atoms with E-state index in [2.05, 4.69) is 12.2 Å². The minimum atomic E-state index is -0.744. The van der Waals surface area contributed by atoms with Crippen LogP contribution in [-0.4, -0.2) is 41.6 Å². The molecule has 4 atom stereocenters. The summed E-state index contributed by atoms with van der Waals surface area (Å²) in [7, 11) is 1.81. The van der Waals surface area contributed by atoms with Crippen LogP contribution in [0.2, 0.25) is 0 Å². The largest absolute Gasteiger partial charge is 0.481 e. The lowest BCUT2D eigenvalue weighted by molar-refractivity contribution is -0.141. The van der Waals surface area contributed by atoms with Crippen molar-refractivity contribution in [2.75, 3.05) is 13.6 Å². The van der Waals surface area contributed by atoms with E-state index in [1.807, 2.05) is 7.05 Å². The molecule has 102 valence electrons. The van der Waals surface area contributed by atoms with E-state index < -0.39 is 5.97 Å². The van der Waals surface area contributed by atoms with Crippen molar-refractivity contribution in [2.45, 2.75) is 38.6 Å². The zero-order valence-corrected chi connectivity index (χ0v) is 11.1. The van der Waals surface area contributed by atoms with Gasteiger partial charge in [-0.2, -0.15) is 0 Å². The maximum Gasteiger partial charge on any atom is 0.317 e. The number of carboxylic acids is 1. The van der Waals surface area contributed by atoms with E-state index in [-0.39, 0.29) is 18.0 Å². The number of urea groups is 1. The molecule has 0 spiro atoms. The van der Waals surface area contributed by atoms with E-state index in [4.69, 9.17) is 5.11 Å². The summed E-state index contributed by atoms with van der Waals surface area (Å²) in [6.07, 6.45) is 3.22. The molecule has 4 unspecified atom stereocenters. The van der Waals surface area contributed by atoms with Gasteiger partial charge >= 0.3 is 12.0 Å². The van der Waals surface area contributed by atoms with Crippen molar-refractivity contribution in [1.29, 1.82) is 0 Å². The minimum absolute atomic E-state index is 0.0256. The number of aliphatic carboxylic acids is 1. The number of hydrogen-bond donors (Lipinski definition) is 2. The maximum absolute atomic E-state index is 11.9. The Morgan fingerprint density at radius 3 is 2.50 bits per heavy atom. The molecule has 5 nitrogen and oxygen atoms in total. The molecule has 0 heterocycles. The number of nitrogens with zero attached hydrogens (tertiary/aromatic N) is 1. The quantitative estimate of drug-likeness (QED) is 0.799. The highest BCUT2D eigenvalue weighted by atomic mass is 16.4. The van der Waals surface area contributed by atoms with Crippen molar-refractivity contribution >= 4 is 12.0 Å². The van der Waals surface area contributed by atoms with Crippen LogP contribution in [0, 0.1) is 17.8 Å². The lowest BCUT2D eigenvalue weighted by atomic mass is 10.1. The molecule has 0 bridgehead atoms. The van der Waals surface area contributed by atoms with Gasteiger partial charge < -0.3 is 15.3 Å². The number of carbonyl (C=O) groups excluding carboxylic acids is 1. The molecule has 18 heavy (non-hydrogen) atoms. The van der Waals surface area contributed by atoms with Crippen LogP contribution in [0.25, 0.3) is 0 Å². The van der Waals surface area contributed by atoms with Gasteiger partial charge in [0.25, 0.3) is 0 Å². The normalized spacial score (nSPS) is 34.1. The van der Waals surface area contributed by atoms with Crippen LogP contribution in [0.1, 0.15) is 32.6 Å². The van der Waals surface area contributed by atoms with Crippen molar-refractivity contribution in [3.63, 3.8) is 0 Å². The van der Waals surface area contributed by atoms with Gasteiger partial charge in [-0.1, -0.05) is 6.92 Å². The number of hydrogen-bond acceptors (Lipinski definition) is 2. The van der Waals surface area contributed by atoms with Gasteiger partial charge in [-0.05, 0) is 37.5 Å². The molecule has 2 amide bonds. The monoisotopic (exact) mass is 254 g/mol. The highest BCUT2D eigenvalue weighted by Gasteiger charge is 2.35. The van der Waals surface area contributed by atoms with Gasteiger partial charge in [0.05, 0.1) is 5.92 Å². The van der Waals surface area contributed by atoms with Gasteiger partial charge in [-0.25, -0.2) is 4.79 Å². The summed E-state index contributed by atoms with van der Waals surface area (Å²) in [5, 5.41) is 11.8. The van der Waals surface area contributed by atoms with Crippen LogP contribution in [0.15, 0.2) is 0 Å². The van der Waals surface area contributed by atoms with E-state index in [1.165, 1.54) is 6.42 Å². The lowest BCUT2D eigenvalue weighted by Crippen LogP contribution is -2.43. The third kappa shape index (κ3) is 3.15. The predicted molar refractivity (Wildman–Crippen MR) is 67.2 cm³/mol. The van der Waals surface area contributed by atoms with Crippen LogP contribution < -0.4 is 5.32 Å². The first-order valence-corrected chi connectivity index (χ1v) is 6.71. The topological polar surface area (TPSA) is 69.6 Å². The van der Waals surface area contributed by atoms with Crippen LogP contribution in [0.5, 0.6) is 0 Å². The smallest absolute Gasteiger partial charge is 0.317 e. The summed E-state index contributed by atoms with van der Waals surface area (Å²) in [6, 6.07) is -0.0391. The average molecular weight is 254 g/mol. The SMILES string of the molecule is CC1CC1CN(C)C(=O)NC1CCC(C(=O)O)C1. The zero-order chi connectivity index (χ0) is 13.3. The van der Waals surface area contributed by atoms with Gasteiger partial charge in [0.2, 0.25) is 0 Å². The Bertz CT molecular complexity index is 345. The van der Waals surface area contributed by atoms with E-state index in [9.17, 15) is 9.59 Å². The second-order valence-corrected chi connectivity index (χ2v) is 5.85. The second-order valence-electron chi connectivity index (χ2n) is 5.85. The zero-order valence-electron chi connectivity index (χ0n) is 11.1. The molecule has 2 aliphatic rings. The first-order chi connectivity index (χ1) is 8.47. The molecule has 2 rings (SSSR count). The number of rotatable bonds is 4. The molecule has 2 saturated carbocycles. The van der Waals surface area contributed by atoms with Gasteiger partial charge in [-0.3, -0.25) is 4.79 Å². The molecule has 2 fully saturated rings. The summed E-state index contributed by atoms with van der Waals surface area (Å²) in [5.41, 5.74) is 0. The molecule has 2 aliphatic carbocycles. The molecular formula is C13H22N2O3. The van der Waals surface area contributed by atoms with Crippen molar-refractivity contribution in [1.82, 2.24) is 10.2 Å². The summed E-state index contributed by atoms with van der Waals surface area (Å²) < 4.78 is 0. The summed E-state index contributed by atoms with van der Waals surface area (Å²) in [5.74, 6) is 0.357. The highest BCUT2D eigenvalue weighted by Crippen LogP contribution is 2.38. The summed E-state index contributed by atoms with van der Waals surface area (Å²) in [6.45, 7) is 3.01. The van der Waals surface area contributed by atoms with Gasteiger partial charge in [0, 0.05) is 19.6 Å². The molecule has 0 aromatic carbocycles. The Morgan fingerprint density at radius 2 is 2.00 bits per heavy atom. The molecule has 0 aromatic heterocycles. The second kappa shape index (κ2) is 5.16. The fourth-order valence-corrected chi connectivity index (χ4v) is 2.71. The standard InChI is InChI=1S/C13H22N2O3/c1-8-5-10(8)7-15(2)13(18)14-11-4-3-9(6-11)12(16)17/h8-11H,3-7H2,1-2H3,(H,14,18)(H,16,17). The first kappa shape index (κ1) is 13.2. The van der Waals surface area contributed by atoms with Gasteiger partial charge in [0.15, 0.2) is 0 Å². The first-order valence-electron chi connectivity index (χ1n) is 6.71. The highest BCUT2D eigenvalue weighted by molar-refractivity contribution is 5.75. The Kier molecular flexibility index (Phi) is 3.78. The minimum Gasteiger partial charge on any atom is -0.481 e. The lowest BCUT2D eigenvalue weighted by Gasteiger charge is -2.21. The summed E-state index contributed by atoms with van der Waals surface area (Å²) >= 11 is 0.